The van der Waals surface area contributed by atoms with E-state index in [0.29, 0.717) is 48.7 Å². The van der Waals surface area contributed by atoms with E-state index in [0.717, 1.165) is 5.56 Å². The summed E-state index contributed by atoms with van der Waals surface area (Å²) >= 11 is 0. The molecule has 3 aromatic carbocycles. The van der Waals surface area contributed by atoms with Crippen LogP contribution in [-0.2, 0) is 16.1 Å². The van der Waals surface area contributed by atoms with Crippen molar-refractivity contribution in [2.45, 2.75) is 6.54 Å². The summed E-state index contributed by atoms with van der Waals surface area (Å²) in [4.78, 5) is 38.9. The molecular formula is C24H24N6O5. The molecule has 5 N–H and O–H groups in total. The van der Waals surface area contributed by atoms with Crippen LogP contribution >= 0.6 is 0 Å². The van der Waals surface area contributed by atoms with E-state index in [4.69, 9.17) is 4.74 Å². The van der Waals surface area contributed by atoms with Crippen molar-refractivity contribution >= 4 is 39.7 Å². The number of amides is 1. The van der Waals surface area contributed by atoms with Crippen molar-refractivity contribution < 1.29 is 14.6 Å². The lowest BCUT2D eigenvalue weighted by molar-refractivity contribution is -0.118. The molecule has 0 saturated carbocycles. The van der Waals surface area contributed by atoms with E-state index >= 15 is 0 Å². The third-order valence-electron chi connectivity index (χ3n) is 5.85. The maximum Gasteiger partial charge on any atom is 0.253 e. The molecule has 4 aromatic rings. The van der Waals surface area contributed by atoms with E-state index in [1.54, 1.807) is 42.5 Å². The Morgan fingerprint density at radius 2 is 1.89 bits per heavy atom. The number of carbonyl (C=O) groups excluding carboxylic acids is 1. The van der Waals surface area contributed by atoms with E-state index in [9.17, 15) is 19.5 Å². The summed E-state index contributed by atoms with van der Waals surface area (Å²) in [6.45, 7) is 3.13. The molecular weight excluding hydrogens is 452 g/mol. The fraction of sp³-hybridized carbons (Fsp3) is 0.250. The molecule has 11 heteroatoms. The zero-order valence-corrected chi connectivity index (χ0v) is 18.8. The van der Waals surface area contributed by atoms with Crippen molar-refractivity contribution in [2.24, 2.45) is 0 Å². The molecule has 0 aliphatic carbocycles. The molecule has 1 aliphatic heterocycles. The number of ether oxygens (including phenoxy) is 1. The normalized spacial score (nSPS) is 14.3. The van der Waals surface area contributed by atoms with Crippen LogP contribution in [0.25, 0.3) is 10.9 Å². The molecule has 2 heterocycles. The molecule has 1 amide bonds. The predicted octanol–water partition coefficient (Wildman–Crippen LogP) is 1.49. The van der Waals surface area contributed by atoms with Crippen LogP contribution in [-0.4, -0.2) is 59.0 Å². The molecule has 1 saturated heterocycles. The number of phenols is 1. The van der Waals surface area contributed by atoms with Gasteiger partial charge in [-0.15, -0.1) is 0 Å². The summed E-state index contributed by atoms with van der Waals surface area (Å²) in [5, 5.41) is 26.2. The highest BCUT2D eigenvalue weighted by Crippen LogP contribution is 2.27. The molecule has 0 bridgehead atoms. The number of aromatic nitrogens is 2. The minimum Gasteiger partial charge on any atom is -0.508 e. The second-order valence-corrected chi connectivity index (χ2v) is 8.33. The number of aromatic hydroxyl groups is 1. The molecule has 5 rings (SSSR count). The first-order valence-corrected chi connectivity index (χ1v) is 11.2. The Labute approximate surface area is 199 Å². The smallest absolute Gasteiger partial charge is 0.253 e. The van der Waals surface area contributed by atoms with Gasteiger partial charge in [-0.3, -0.25) is 24.4 Å². The van der Waals surface area contributed by atoms with Crippen molar-refractivity contribution in [3.8, 4) is 5.75 Å². The summed E-state index contributed by atoms with van der Waals surface area (Å²) in [6, 6.07) is 11.9. The van der Waals surface area contributed by atoms with Crippen molar-refractivity contribution in [3.63, 3.8) is 0 Å². The standard InChI is InChI=1S/C24H24N6O5/c31-16-3-1-2-14(10-16)12-25-20-21(23(34)22(20)33)26-15-4-5-18-17(11-15)24(29-28-18)27-19(32)13-30-6-8-35-9-7-30/h1-5,10-11,25-26,31H,6-9,12-13H2,(H2,27,28,29,32). The van der Waals surface area contributed by atoms with Gasteiger partial charge in [0.25, 0.3) is 10.9 Å². The third kappa shape index (κ3) is 4.86. The van der Waals surface area contributed by atoms with Gasteiger partial charge in [-0.25, -0.2) is 0 Å². The number of fused-ring (bicyclic) bond motifs is 1. The zero-order valence-electron chi connectivity index (χ0n) is 18.8. The van der Waals surface area contributed by atoms with E-state index in [-0.39, 0.29) is 36.1 Å². The topological polar surface area (TPSA) is 149 Å². The Hall–Kier alpha value is -4.22. The van der Waals surface area contributed by atoms with Crippen LogP contribution in [0.4, 0.5) is 22.9 Å². The number of aromatic amines is 1. The Kier molecular flexibility index (Phi) is 6.17. The number of hydrogen-bond donors (Lipinski definition) is 5. The minimum absolute atomic E-state index is 0.119. The van der Waals surface area contributed by atoms with Gasteiger partial charge in [0.15, 0.2) is 5.82 Å². The van der Waals surface area contributed by atoms with Gasteiger partial charge >= 0.3 is 0 Å². The average molecular weight is 476 g/mol. The highest BCUT2D eigenvalue weighted by Gasteiger charge is 2.21. The number of rotatable bonds is 8. The number of nitrogens with one attached hydrogen (secondary N) is 4. The van der Waals surface area contributed by atoms with Gasteiger partial charge in [0.05, 0.1) is 25.3 Å². The van der Waals surface area contributed by atoms with E-state index in [2.05, 4.69) is 26.1 Å². The van der Waals surface area contributed by atoms with Gasteiger partial charge in [-0.2, -0.15) is 5.10 Å². The number of hydrogen-bond acceptors (Lipinski definition) is 9. The summed E-state index contributed by atoms with van der Waals surface area (Å²) < 4.78 is 5.31. The zero-order chi connectivity index (χ0) is 24.4. The largest absolute Gasteiger partial charge is 0.508 e. The van der Waals surface area contributed by atoms with Crippen LogP contribution in [0.1, 0.15) is 5.56 Å². The molecule has 0 spiro atoms. The minimum atomic E-state index is -0.616. The van der Waals surface area contributed by atoms with Crippen LogP contribution in [0.15, 0.2) is 52.1 Å². The van der Waals surface area contributed by atoms with E-state index in [1.807, 2.05) is 4.90 Å². The maximum atomic E-state index is 12.5. The summed E-state index contributed by atoms with van der Waals surface area (Å²) in [5.74, 6) is 0.322. The van der Waals surface area contributed by atoms with Gasteiger partial charge in [-0.1, -0.05) is 12.1 Å². The Morgan fingerprint density at radius 1 is 1.09 bits per heavy atom. The molecule has 1 aliphatic rings. The highest BCUT2D eigenvalue weighted by molar-refractivity contribution is 6.01. The monoisotopic (exact) mass is 476 g/mol. The first kappa shape index (κ1) is 22.6. The van der Waals surface area contributed by atoms with Crippen LogP contribution in [0, 0.1) is 0 Å². The number of H-pyrrole nitrogens is 1. The van der Waals surface area contributed by atoms with Gasteiger partial charge in [-0.05, 0) is 35.9 Å². The molecule has 1 aromatic heterocycles. The first-order valence-electron chi connectivity index (χ1n) is 11.2. The molecule has 1 fully saturated rings. The number of carbonyl (C=O) groups is 1. The lowest BCUT2D eigenvalue weighted by Gasteiger charge is -2.25. The van der Waals surface area contributed by atoms with Crippen LogP contribution in [0.3, 0.4) is 0 Å². The predicted molar refractivity (Wildman–Crippen MR) is 132 cm³/mol. The number of benzene rings is 2. The van der Waals surface area contributed by atoms with Gasteiger partial charge in [0.1, 0.15) is 17.1 Å². The van der Waals surface area contributed by atoms with Crippen molar-refractivity contribution in [1.82, 2.24) is 15.1 Å². The van der Waals surface area contributed by atoms with Crippen LogP contribution in [0.5, 0.6) is 5.75 Å². The third-order valence-corrected chi connectivity index (χ3v) is 5.85. The van der Waals surface area contributed by atoms with Crippen molar-refractivity contribution in [1.29, 1.82) is 0 Å². The van der Waals surface area contributed by atoms with Crippen LogP contribution < -0.4 is 26.8 Å². The van der Waals surface area contributed by atoms with Gasteiger partial charge < -0.3 is 25.8 Å². The fourth-order valence-corrected chi connectivity index (χ4v) is 4.00. The number of morpholine rings is 1. The quantitative estimate of drug-likeness (QED) is 0.239. The second kappa shape index (κ2) is 9.57. The lowest BCUT2D eigenvalue weighted by atomic mass is 10.1. The molecule has 0 unspecified atom stereocenters. The number of phenolic OH excluding ortho intramolecular Hbond substituents is 1. The van der Waals surface area contributed by atoms with E-state index in [1.165, 1.54) is 0 Å². The molecule has 180 valence electrons. The average Bonchev–Trinajstić information content (AvgIpc) is 3.25. The van der Waals surface area contributed by atoms with Crippen LogP contribution in [0.2, 0.25) is 0 Å². The lowest BCUT2D eigenvalue weighted by Crippen LogP contribution is -2.41. The van der Waals surface area contributed by atoms with Gasteiger partial charge in [0.2, 0.25) is 5.91 Å². The number of anilines is 4. The Morgan fingerprint density at radius 3 is 2.69 bits per heavy atom. The SMILES string of the molecule is O=C(CN1CCOCC1)Nc1n[nH]c2ccc(Nc3c(NCc4cccc(O)c4)c(=O)c3=O)cc12. The molecule has 0 radical (unpaired) electrons. The second-order valence-electron chi connectivity index (χ2n) is 8.33. The Balaban J connectivity index is 1.29. The fourth-order valence-electron chi connectivity index (χ4n) is 4.00. The maximum absolute atomic E-state index is 12.5. The summed E-state index contributed by atoms with van der Waals surface area (Å²) in [7, 11) is 0. The summed E-state index contributed by atoms with van der Waals surface area (Å²) in [5.41, 5.74) is 1.17. The highest BCUT2D eigenvalue weighted by atomic mass is 16.5. The van der Waals surface area contributed by atoms with E-state index < -0.39 is 10.9 Å². The Bertz CT molecular complexity index is 1450. The molecule has 11 nitrogen and oxygen atoms in total. The first-order chi connectivity index (χ1) is 17.0. The van der Waals surface area contributed by atoms with Gasteiger partial charge in [0, 0.05) is 30.7 Å². The van der Waals surface area contributed by atoms with Crippen molar-refractivity contribution in [2.75, 3.05) is 48.8 Å². The number of nitrogens with zero attached hydrogens (tertiary/aromatic N) is 2. The molecule has 0 atom stereocenters. The molecule has 35 heavy (non-hydrogen) atoms. The summed E-state index contributed by atoms with van der Waals surface area (Å²) in [6.07, 6.45) is 0. The van der Waals surface area contributed by atoms with Crippen molar-refractivity contribution in [3.05, 3.63) is 68.5 Å².